The summed E-state index contributed by atoms with van der Waals surface area (Å²) in [6.45, 7) is -0.0547. The second kappa shape index (κ2) is 4.16. The standard InChI is InChI=1S/C10H15F3O3/c11-2-1-9(10(12,13)14,3-7-5-15-7)4-8-6-16-8/h7-8,14H,1-6H2. The Morgan fingerprint density at radius 3 is 1.81 bits per heavy atom. The molecule has 2 aliphatic rings. The Labute approximate surface area is 91.5 Å². The summed E-state index contributed by atoms with van der Waals surface area (Å²) in [7, 11) is 0. The van der Waals surface area contributed by atoms with E-state index in [0.29, 0.717) is 13.2 Å². The Hall–Kier alpha value is -0.330. The molecule has 1 N–H and O–H groups in total. The van der Waals surface area contributed by atoms with Crippen LogP contribution in [0, 0.1) is 5.41 Å². The molecule has 6 heteroatoms. The largest absolute Gasteiger partial charge is 0.373 e. The molecule has 0 aromatic carbocycles. The molecule has 2 atom stereocenters. The third kappa shape index (κ3) is 2.67. The van der Waals surface area contributed by atoms with Crippen molar-refractivity contribution in [1.29, 1.82) is 0 Å². The molecule has 2 unspecified atom stereocenters. The second-order valence-corrected chi connectivity index (χ2v) is 4.58. The van der Waals surface area contributed by atoms with Crippen molar-refractivity contribution in [3.8, 4) is 0 Å². The number of halogens is 3. The third-order valence-electron chi connectivity index (χ3n) is 3.25. The van der Waals surface area contributed by atoms with E-state index >= 15 is 0 Å². The van der Waals surface area contributed by atoms with Crippen molar-refractivity contribution < 1.29 is 27.8 Å². The Balaban J connectivity index is 2.09. The third-order valence-corrected chi connectivity index (χ3v) is 3.25. The molecule has 16 heavy (non-hydrogen) atoms. The highest BCUT2D eigenvalue weighted by Crippen LogP contribution is 2.49. The van der Waals surface area contributed by atoms with E-state index in [1.807, 2.05) is 0 Å². The van der Waals surface area contributed by atoms with Crippen LogP contribution in [0.5, 0.6) is 0 Å². The smallest absolute Gasteiger partial charge is 0.359 e. The minimum Gasteiger partial charge on any atom is -0.373 e. The van der Waals surface area contributed by atoms with Crippen molar-refractivity contribution in [2.45, 2.75) is 37.6 Å². The lowest BCUT2D eigenvalue weighted by atomic mass is 9.75. The first-order chi connectivity index (χ1) is 7.47. The monoisotopic (exact) mass is 240 g/mol. The lowest BCUT2D eigenvalue weighted by Gasteiger charge is -2.36. The maximum Gasteiger partial charge on any atom is 0.359 e. The number of alkyl halides is 3. The van der Waals surface area contributed by atoms with E-state index in [1.165, 1.54) is 0 Å². The molecule has 0 aliphatic carbocycles. The van der Waals surface area contributed by atoms with Gasteiger partial charge in [0, 0.05) is 0 Å². The lowest BCUT2D eigenvalue weighted by Crippen LogP contribution is -2.44. The van der Waals surface area contributed by atoms with Crippen molar-refractivity contribution in [3.05, 3.63) is 0 Å². The van der Waals surface area contributed by atoms with E-state index in [-0.39, 0.29) is 31.5 Å². The number of ether oxygens (including phenoxy) is 2. The summed E-state index contributed by atoms with van der Waals surface area (Å²) in [4.78, 5) is 0. The molecule has 2 fully saturated rings. The first-order valence-corrected chi connectivity index (χ1v) is 5.36. The molecule has 0 spiro atoms. The summed E-state index contributed by atoms with van der Waals surface area (Å²) < 4.78 is 48.8. The number of hydrogen-bond acceptors (Lipinski definition) is 3. The molecule has 0 bridgehead atoms. The Bertz CT molecular complexity index is 232. The van der Waals surface area contributed by atoms with Gasteiger partial charge in [0.25, 0.3) is 0 Å². The molecule has 2 heterocycles. The van der Waals surface area contributed by atoms with Crippen molar-refractivity contribution in [1.82, 2.24) is 0 Å². The molecule has 2 saturated heterocycles. The van der Waals surface area contributed by atoms with Crippen molar-refractivity contribution in [2.75, 3.05) is 19.9 Å². The topological polar surface area (TPSA) is 45.3 Å². The van der Waals surface area contributed by atoms with Crippen LogP contribution in [-0.4, -0.2) is 43.3 Å². The van der Waals surface area contributed by atoms with Crippen molar-refractivity contribution >= 4 is 0 Å². The zero-order chi connectivity index (χ0) is 11.8. The Kier molecular flexibility index (Phi) is 3.16. The van der Waals surface area contributed by atoms with Crippen LogP contribution in [0.25, 0.3) is 0 Å². The number of rotatable bonds is 7. The summed E-state index contributed by atoms with van der Waals surface area (Å²) >= 11 is 0. The van der Waals surface area contributed by atoms with Gasteiger partial charge in [-0.25, -0.2) is 0 Å². The summed E-state index contributed by atoms with van der Waals surface area (Å²) in [6.07, 6.45) is -4.83. The van der Waals surface area contributed by atoms with Crippen LogP contribution in [0.1, 0.15) is 19.3 Å². The minimum atomic E-state index is -3.89. The van der Waals surface area contributed by atoms with Gasteiger partial charge in [0.1, 0.15) is 0 Å². The lowest BCUT2D eigenvalue weighted by molar-refractivity contribution is -0.288. The molecule has 0 radical (unpaired) electrons. The molecular formula is C10H15F3O3. The van der Waals surface area contributed by atoms with Gasteiger partial charge < -0.3 is 14.6 Å². The Morgan fingerprint density at radius 2 is 1.56 bits per heavy atom. The van der Waals surface area contributed by atoms with E-state index in [2.05, 4.69) is 0 Å². The summed E-state index contributed by atoms with van der Waals surface area (Å²) in [5, 5.41) is 9.00. The van der Waals surface area contributed by atoms with E-state index < -0.39 is 18.2 Å². The Morgan fingerprint density at radius 1 is 1.12 bits per heavy atom. The predicted octanol–water partition coefficient (Wildman–Crippen LogP) is 1.50. The average molecular weight is 240 g/mol. The predicted molar refractivity (Wildman–Crippen MR) is 48.9 cm³/mol. The fraction of sp³-hybridized carbons (Fsp3) is 1.00. The molecule has 0 saturated carbocycles. The molecule has 2 rings (SSSR count). The normalized spacial score (nSPS) is 32.2. The average Bonchev–Trinajstić information content (AvgIpc) is 2.97. The van der Waals surface area contributed by atoms with E-state index in [1.54, 1.807) is 0 Å². The fourth-order valence-corrected chi connectivity index (χ4v) is 2.11. The van der Waals surface area contributed by atoms with Gasteiger partial charge in [-0.05, 0) is 19.3 Å². The van der Waals surface area contributed by atoms with Gasteiger partial charge in [-0.15, -0.1) is 0 Å². The summed E-state index contributed by atoms with van der Waals surface area (Å²) in [6, 6.07) is 0. The molecule has 0 aromatic heterocycles. The highest BCUT2D eigenvalue weighted by atomic mass is 19.3. The van der Waals surface area contributed by atoms with E-state index in [4.69, 9.17) is 14.6 Å². The van der Waals surface area contributed by atoms with Crippen molar-refractivity contribution in [3.63, 3.8) is 0 Å². The molecule has 0 aromatic rings. The molecule has 2 aliphatic heterocycles. The SMILES string of the molecule is OC(F)(F)C(CCF)(CC1CO1)CC1CO1. The van der Waals surface area contributed by atoms with Gasteiger partial charge in [0.05, 0.1) is 37.5 Å². The number of aliphatic hydroxyl groups is 1. The maximum absolute atomic E-state index is 13.3. The van der Waals surface area contributed by atoms with Gasteiger partial charge in [0.15, 0.2) is 0 Å². The minimum absolute atomic E-state index is 0.0136. The zero-order valence-corrected chi connectivity index (χ0v) is 8.79. The van der Waals surface area contributed by atoms with Crippen LogP contribution >= 0.6 is 0 Å². The molecular weight excluding hydrogens is 225 g/mol. The summed E-state index contributed by atoms with van der Waals surface area (Å²) in [5.41, 5.74) is -1.75. The van der Waals surface area contributed by atoms with Gasteiger partial charge in [0.2, 0.25) is 0 Å². The van der Waals surface area contributed by atoms with Gasteiger partial charge in [-0.1, -0.05) is 0 Å². The summed E-state index contributed by atoms with van der Waals surface area (Å²) in [5.74, 6) is 0. The second-order valence-electron chi connectivity index (χ2n) is 4.58. The molecule has 94 valence electrons. The highest BCUT2D eigenvalue weighted by Gasteiger charge is 2.56. The van der Waals surface area contributed by atoms with Crippen LogP contribution in [0.15, 0.2) is 0 Å². The quantitative estimate of drug-likeness (QED) is 0.686. The zero-order valence-electron chi connectivity index (χ0n) is 8.79. The van der Waals surface area contributed by atoms with Crippen LogP contribution in [-0.2, 0) is 9.47 Å². The van der Waals surface area contributed by atoms with E-state index in [0.717, 1.165) is 0 Å². The number of epoxide rings is 2. The van der Waals surface area contributed by atoms with Crippen LogP contribution in [0.2, 0.25) is 0 Å². The van der Waals surface area contributed by atoms with E-state index in [9.17, 15) is 13.2 Å². The van der Waals surface area contributed by atoms with Crippen LogP contribution < -0.4 is 0 Å². The number of hydrogen-bond donors (Lipinski definition) is 1. The molecule has 3 nitrogen and oxygen atoms in total. The van der Waals surface area contributed by atoms with Gasteiger partial charge in [-0.2, -0.15) is 8.78 Å². The van der Waals surface area contributed by atoms with Crippen LogP contribution in [0.4, 0.5) is 13.2 Å². The first-order valence-electron chi connectivity index (χ1n) is 5.36. The van der Waals surface area contributed by atoms with Gasteiger partial charge >= 0.3 is 6.11 Å². The molecule has 0 amide bonds. The van der Waals surface area contributed by atoms with Crippen molar-refractivity contribution in [2.24, 2.45) is 5.41 Å². The first kappa shape index (κ1) is 12.1. The fourth-order valence-electron chi connectivity index (χ4n) is 2.11. The van der Waals surface area contributed by atoms with Gasteiger partial charge in [-0.3, -0.25) is 4.39 Å². The van der Waals surface area contributed by atoms with Crippen LogP contribution in [0.3, 0.4) is 0 Å². The highest BCUT2D eigenvalue weighted by molar-refractivity contribution is 4.95. The maximum atomic E-state index is 13.3.